The molecule has 17 nitrogen and oxygen atoms in total. The van der Waals surface area contributed by atoms with Gasteiger partial charge in [-0.25, -0.2) is 4.79 Å². The summed E-state index contributed by atoms with van der Waals surface area (Å²) in [5.41, 5.74) is 0.985. The number of benzene rings is 2. The van der Waals surface area contributed by atoms with E-state index in [1.807, 2.05) is 13.8 Å². The zero-order valence-corrected chi connectivity index (χ0v) is 32.5. The molecule has 3 aliphatic rings. The molecule has 17 heteroatoms. The number of hydrogen-bond donors (Lipinski definition) is 8. The Morgan fingerprint density at radius 2 is 1.61 bits per heavy atom. The van der Waals surface area contributed by atoms with Crippen LogP contribution in [0.3, 0.4) is 0 Å². The molecule has 3 saturated heterocycles. The van der Waals surface area contributed by atoms with E-state index in [0.29, 0.717) is 38.9 Å². The Balaban J connectivity index is 1.24. The van der Waals surface area contributed by atoms with E-state index in [9.17, 15) is 45.0 Å². The number of nitrogens with zero attached hydrogens (tertiary/aromatic N) is 1. The number of β-amino-alcohol motifs (C(OH)–C–C–N with tert-alkyl or cyclic N) is 1. The van der Waals surface area contributed by atoms with Crippen LogP contribution in [0.25, 0.3) is 0 Å². The Morgan fingerprint density at radius 1 is 0.895 bits per heavy atom. The molecule has 57 heavy (non-hydrogen) atoms. The van der Waals surface area contributed by atoms with Crippen molar-refractivity contribution in [2.24, 2.45) is 5.92 Å². The third kappa shape index (κ3) is 11.7. The molecule has 0 bridgehead atoms. The molecular formula is C40H57N3O14. The lowest BCUT2D eigenvalue weighted by molar-refractivity contribution is -0.355. The van der Waals surface area contributed by atoms with Gasteiger partial charge in [-0.05, 0) is 62.6 Å². The summed E-state index contributed by atoms with van der Waals surface area (Å²) in [5.74, 6) is -0.824. The van der Waals surface area contributed by atoms with Crippen molar-refractivity contribution in [1.29, 1.82) is 0 Å². The summed E-state index contributed by atoms with van der Waals surface area (Å²) in [4.78, 5) is 40.1. The quantitative estimate of drug-likeness (QED) is 0.144. The third-order valence-corrected chi connectivity index (χ3v) is 10.6. The monoisotopic (exact) mass is 803 g/mol. The fourth-order valence-corrected chi connectivity index (χ4v) is 6.90. The Hall–Kier alpha value is -3.75. The first-order valence-corrected chi connectivity index (χ1v) is 19.6. The second-order valence-electron chi connectivity index (χ2n) is 14.9. The lowest BCUT2D eigenvalue weighted by Crippen LogP contribution is -2.64. The van der Waals surface area contributed by atoms with Gasteiger partial charge in [0.05, 0.1) is 17.8 Å². The number of carbonyl (C=O) groups is 3. The number of nitrogens with one attached hydrogen (secondary N) is 2. The maximum atomic E-state index is 13.0. The molecule has 0 aliphatic carbocycles. The highest BCUT2D eigenvalue weighted by Gasteiger charge is 2.51. The number of carbonyl (C=O) groups excluding carboxylic acids is 3. The van der Waals surface area contributed by atoms with Crippen LogP contribution in [0.4, 0.5) is 0 Å². The van der Waals surface area contributed by atoms with Gasteiger partial charge < -0.3 is 69.9 Å². The van der Waals surface area contributed by atoms with Crippen LogP contribution in [0, 0.1) is 5.92 Å². The number of esters is 1. The molecule has 3 aliphatic heterocycles. The Labute approximate surface area is 331 Å². The van der Waals surface area contributed by atoms with E-state index in [2.05, 4.69) is 10.6 Å². The lowest BCUT2D eigenvalue weighted by Gasteiger charge is -2.45. The number of ether oxygens (including phenoxy) is 5. The molecule has 2 aromatic carbocycles. The highest BCUT2D eigenvalue weighted by Crippen LogP contribution is 2.31. The standard InChI is InChI=1S/C40H57N3O14/c1-4-22(2)37(51)43-18-8-16-42-30(45)19-28(41-17-15-26(44)20-43)24-11-13-27(14-12-24)55-40-36(34(49)31(46)23(3)54-40)57-39-35(50)33(48)32(47)29(56-39)21-53-38(52)25-9-6-5-7-10-25/h5-7,9-14,22-23,26,28-29,31-36,39-41,44,46-50H,4,8,15-21H2,1-3H3,(H,42,45)/t22-,23-,26+,28-,29+,31-,32+,33-,34+,35+,36+,39-,40-/m0/s1. The Morgan fingerprint density at radius 3 is 2.32 bits per heavy atom. The molecule has 5 rings (SSSR count). The molecule has 3 heterocycles. The minimum atomic E-state index is -1.82. The maximum Gasteiger partial charge on any atom is 0.338 e. The predicted molar refractivity (Wildman–Crippen MR) is 201 cm³/mol. The van der Waals surface area contributed by atoms with E-state index in [-0.39, 0.29) is 42.0 Å². The molecule has 13 atom stereocenters. The predicted octanol–water partition coefficient (Wildman–Crippen LogP) is -0.252. The zero-order chi connectivity index (χ0) is 41.2. The number of hydrogen-bond acceptors (Lipinski definition) is 15. The third-order valence-electron chi connectivity index (χ3n) is 10.6. The van der Waals surface area contributed by atoms with Gasteiger partial charge in [-0.15, -0.1) is 0 Å². The van der Waals surface area contributed by atoms with Gasteiger partial charge in [-0.1, -0.05) is 44.2 Å². The second kappa shape index (κ2) is 20.8. The minimum absolute atomic E-state index is 0.0197. The average Bonchev–Trinajstić information content (AvgIpc) is 3.22. The van der Waals surface area contributed by atoms with E-state index in [1.54, 1.807) is 47.4 Å². The summed E-state index contributed by atoms with van der Waals surface area (Å²) in [6.07, 6.45) is -14.2. The summed E-state index contributed by atoms with van der Waals surface area (Å²) in [6, 6.07) is 14.4. The van der Waals surface area contributed by atoms with Crippen molar-refractivity contribution in [2.45, 2.75) is 120 Å². The topological polar surface area (TPSA) is 246 Å². The van der Waals surface area contributed by atoms with Crippen LogP contribution in [-0.4, -0.2) is 154 Å². The van der Waals surface area contributed by atoms with Gasteiger partial charge in [0.15, 0.2) is 12.4 Å². The van der Waals surface area contributed by atoms with E-state index >= 15 is 0 Å². The molecule has 0 saturated carbocycles. The first kappa shape index (κ1) is 44.4. The van der Waals surface area contributed by atoms with Crippen LogP contribution in [-0.2, 0) is 28.5 Å². The first-order valence-electron chi connectivity index (χ1n) is 19.6. The number of aliphatic hydroxyl groups is 6. The van der Waals surface area contributed by atoms with Crippen LogP contribution in [0.15, 0.2) is 54.6 Å². The SMILES string of the molecule is CC[C@H](C)C(=O)N1CCCNC(=O)C[C@@H](c2ccc(O[C@@H]3O[C@@H](C)[C@H](O)[C@@H](O)[C@H]3O[C@@H]3O[C@H](COC(=O)c4ccccc4)[C@@H](O)[C@H](O)[C@H]3O)cc2)NCC[C@@H](O)C1. The van der Waals surface area contributed by atoms with E-state index in [1.165, 1.54) is 19.1 Å². The molecule has 2 amide bonds. The van der Waals surface area contributed by atoms with Crippen LogP contribution in [0.2, 0.25) is 0 Å². The fourth-order valence-electron chi connectivity index (χ4n) is 6.90. The molecule has 2 aromatic rings. The molecule has 3 fully saturated rings. The highest BCUT2D eigenvalue weighted by molar-refractivity contribution is 5.89. The van der Waals surface area contributed by atoms with Gasteiger partial charge in [0.25, 0.3) is 0 Å². The lowest BCUT2D eigenvalue weighted by atomic mass is 9.97. The molecule has 316 valence electrons. The summed E-state index contributed by atoms with van der Waals surface area (Å²) in [7, 11) is 0. The largest absolute Gasteiger partial charge is 0.462 e. The fraction of sp³-hybridized carbons (Fsp3) is 0.625. The van der Waals surface area contributed by atoms with Crippen molar-refractivity contribution in [1.82, 2.24) is 15.5 Å². The highest BCUT2D eigenvalue weighted by atomic mass is 16.8. The molecule has 0 unspecified atom stereocenters. The van der Waals surface area contributed by atoms with Crippen molar-refractivity contribution >= 4 is 17.8 Å². The number of rotatable bonds is 10. The van der Waals surface area contributed by atoms with Crippen molar-refractivity contribution in [3.8, 4) is 5.75 Å². The van der Waals surface area contributed by atoms with Crippen LogP contribution in [0.5, 0.6) is 5.75 Å². The summed E-state index contributed by atoms with van der Waals surface area (Å²) in [6.45, 7) is 6.19. The normalized spacial score (nSPS) is 33.8. The van der Waals surface area contributed by atoms with Gasteiger partial charge in [-0.2, -0.15) is 0 Å². The van der Waals surface area contributed by atoms with Gasteiger partial charge >= 0.3 is 5.97 Å². The van der Waals surface area contributed by atoms with Crippen molar-refractivity contribution in [3.05, 3.63) is 65.7 Å². The minimum Gasteiger partial charge on any atom is -0.462 e. The molecular weight excluding hydrogens is 746 g/mol. The van der Waals surface area contributed by atoms with E-state index < -0.39 is 86.1 Å². The van der Waals surface area contributed by atoms with E-state index in [4.69, 9.17) is 23.7 Å². The smallest absolute Gasteiger partial charge is 0.338 e. The van der Waals surface area contributed by atoms with Crippen LogP contribution < -0.4 is 15.4 Å². The summed E-state index contributed by atoms with van der Waals surface area (Å²) < 4.78 is 28.9. The van der Waals surface area contributed by atoms with Gasteiger partial charge in [0.1, 0.15) is 49.0 Å². The Bertz CT molecular complexity index is 1590. The van der Waals surface area contributed by atoms with Crippen molar-refractivity contribution in [3.63, 3.8) is 0 Å². The van der Waals surface area contributed by atoms with E-state index in [0.717, 1.165) is 5.56 Å². The molecule has 0 spiro atoms. The summed E-state index contributed by atoms with van der Waals surface area (Å²) in [5, 5.41) is 70.9. The van der Waals surface area contributed by atoms with Crippen LogP contribution >= 0.6 is 0 Å². The van der Waals surface area contributed by atoms with Crippen molar-refractivity contribution in [2.75, 3.05) is 32.8 Å². The van der Waals surface area contributed by atoms with Crippen LogP contribution in [0.1, 0.15) is 68.4 Å². The number of aliphatic hydroxyl groups excluding tert-OH is 6. The molecule has 8 N–H and O–H groups in total. The second-order valence-corrected chi connectivity index (χ2v) is 14.9. The van der Waals surface area contributed by atoms with Gasteiger partial charge in [0, 0.05) is 38.0 Å². The van der Waals surface area contributed by atoms with Gasteiger partial charge in [0.2, 0.25) is 18.1 Å². The average molecular weight is 804 g/mol. The summed E-state index contributed by atoms with van der Waals surface area (Å²) >= 11 is 0. The molecule has 0 aromatic heterocycles. The molecule has 0 radical (unpaired) electrons. The van der Waals surface area contributed by atoms with Gasteiger partial charge in [-0.3, -0.25) is 9.59 Å². The first-order chi connectivity index (χ1) is 27.3. The zero-order valence-electron chi connectivity index (χ0n) is 32.5. The Kier molecular flexibility index (Phi) is 16.2. The maximum absolute atomic E-state index is 13.0. The van der Waals surface area contributed by atoms with Crippen molar-refractivity contribution < 1.29 is 68.7 Å². The number of amides is 2.